The van der Waals surface area contributed by atoms with Crippen LogP contribution in [0.25, 0.3) is 11.3 Å². The maximum Gasteiger partial charge on any atom is 0.215 e. The lowest BCUT2D eigenvalue weighted by atomic mass is 10.1. The maximum absolute atomic E-state index is 6.56. The smallest absolute Gasteiger partial charge is 0.215 e. The lowest BCUT2D eigenvalue weighted by molar-refractivity contribution is -0.189. The van der Waals surface area contributed by atoms with Crippen LogP contribution in [0.1, 0.15) is 5.56 Å². The third kappa shape index (κ3) is 5.08. The molecule has 2 unspecified atom stereocenters. The fourth-order valence-corrected chi connectivity index (χ4v) is 5.21. The second-order valence-electron chi connectivity index (χ2n) is 8.19. The van der Waals surface area contributed by atoms with E-state index >= 15 is 0 Å². The zero-order valence-electron chi connectivity index (χ0n) is 19.2. The molecule has 3 heterocycles. The molecule has 182 valence electrons. The summed E-state index contributed by atoms with van der Waals surface area (Å²) in [5.41, 5.74) is 2.49. The van der Waals surface area contributed by atoms with Gasteiger partial charge < -0.3 is 23.3 Å². The average Bonchev–Trinajstić information content (AvgIpc) is 3.59. The number of hydrogen-bond acceptors (Lipinski definition) is 6. The monoisotopic (exact) mass is 530 g/mol. The van der Waals surface area contributed by atoms with Gasteiger partial charge in [-0.1, -0.05) is 53.2 Å². The third-order valence-electron chi connectivity index (χ3n) is 5.75. The van der Waals surface area contributed by atoms with Gasteiger partial charge >= 0.3 is 0 Å². The number of nitrogens with zero attached hydrogens (tertiary/aromatic N) is 4. The summed E-state index contributed by atoms with van der Waals surface area (Å²) in [7, 11) is 1.98. The van der Waals surface area contributed by atoms with Crippen LogP contribution in [-0.2, 0) is 28.9 Å². The average molecular weight is 531 g/mol. The van der Waals surface area contributed by atoms with Crippen molar-refractivity contribution in [2.24, 2.45) is 7.05 Å². The number of imidazole rings is 2. The number of aromatic nitrogens is 4. The molecule has 0 spiro atoms. The first-order valence-corrected chi connectivity index (χ1v) is 13.0. The first-order chi connectivity index (χ1) is 17.0. The van der Waals surface area contributed by atoms with Crippen LogP contribution >= 0.6 is 35.0 Å². The molecule has 2 atom stereocenters. The molecular weight excluding hydrogens is 507 g/mol. The van der Waals surface area contributed by atoms with Crippen LogP contribution in [0.2, 0.25) is 10.0 Å². The van der Waals surface area contributed by atoms with Gasteiger partial charge in [0.1, 0.15) is 18.5 Å². The van der Waals surface area contributed by atoms with E-state index in [0.29, 0.717) is 35.4 Å². The van der Waals surface area contributed by atoms with Gasteiger partial charge in [-0.15, -0.1) is 0 Å². The molecule has 0 saturated carbocycles. The molecule has 2 aromatic carbocycles. The van der Waals surface area contributed by atoms with Gasteiger partial charge in [0.15, 0.2) is 5.16 Å². The van der Waals surface area contributed by atoms with E-state index < -0.39 is 5.79 Å². The van der Waals surface area contributed by atoms with Crippen molar-refractivity contribution in [2.75, 3.05) is 19.5 Å². The van der Waals surface area contributed by atoms with E-state index in [2.05, 4.69) is 4.98 Å². The van der Waals surface area contributed by atoms with E-state index in [4.69, 9.17) is 42.4 Å². The van der Waals surface area contributed by atoms with Crippen LogP contribution in [0, 0.1) is 0 Å². The van der Waals surface area contributed by atoms with Crippen molar-refractivity contribution >= 4 is 35.0 Å². The van der Waals surface area contributed by atoms with Crippen molar-refractivity contribution in [1.29, 1.82) is 0 Å². The molecule has 0 N–H and O–H groups in total. The Morgan fingerprint density at radius 3 is 2.83 bits per heavy atom. The Labute approximate surface area is 217 Å². The fraction of sp³-hybridized carbons (Fsp3) is 0.280. The number of hydrogen-bond donors (Lipinski definition) is 0. The van der Waals surface area contributed by atoms with E-state index in [1.165, 1.54) is 0 Å². The van der Waals surface area contributed by atoms with E-state index in [-0.39, 0.29) is 6.10 Å². The molecule has 0 aliphatic carbocycles. The van der Waals surface area contributed by atoms with Gasteiger partial charge in [0, 0.05) is 41.8 Å². The van der Waals surface area contributed by atoms with Crippen LogP contribution in [0.15, 0.2) is 72.5 Å². The number of para-hydroxylation sites is 1. The molecule has 1 fully saturated rings. The fourth-order valence-electron chi connectivity index (χ4n) is 4.13. The molecule has 1 saturated heterocycles. The number of halogens is 2. The Balaban J connectivity index is 1.36. The highest BCUT2D eigenvalue weighted by molar-refractivity contribution is 7.98. The van der Waals surface area contributed by atoms with Crippen molar-refractivity contribution in [3.63, 3.8) is 0 Å². The minimum atomic E-state index is -1.09. The molecule has 5 rings (SSSR count). The number of benzene rings is 2. The third-order valence-corrected chi connectivity index (χ3v) is 7.05. The van der Waals surface area contributed by atoms with Crippen LogP contribution in [0.3, 0.4) is 0 Å². The van der Waals surface area contributed by atoms with Crippen molar-refractivity contribution < 1.29 is 14.2 Å². The highest BCUT2D eigenvalue weighted by Gasteiger charge is 2.45. The summed E-state index contributed by atoms with van der Waals surface area (Å²) in [4.78, 5) is 8.85. The second-order valence-corrected chi connectivity index (χ2v) is 9.81. The predicted octanol–water partition coefficient (Wildman–Crippen LogP) is 5.66. The summed E-state index contributed by atoms with van der Waals surface area (Å²) in [6.07, 6.45) is 8.98. The number of ether oxygens (including phenoxy) is 3. The van der Waals surface area contributed by atoms with Crippen molar-refractivity contribution in [3.05, 3.63) is 83.0 Å². The van der Waals surface area contributed by atoms with Gasteiger partial charge in [0.05, 0.1) is 30.2 Å². The zero-order chi connectivity index (χ0) is 24.4. The molecule has 7 nitrogen and oxygen atoms in total. The Hall–Kier alpha value is -2.49. The van der Waals surface area contributed by atoms with E-state index in [1.807, 2.05) is 65.2 Å². The topological polar surface area (TPSA) is 63.3 Å². The quantitative estimate of drug-likeness (QED) is 0.274. The van der Waals surface area contributed by atoms with Gasteiger partial charge in [-0.25, -0.2) is 9.97 Å². The molecule has 1 aliphatic heterocycles. The molecule has 10 heteroatoms. The minimum absolute atomic E-state index is 0.302. The molecule has 2 aromatic heterocycles. The summed E-state index contributed by atoms with van der Waals surface area (Å²) in [5.74, 6) is -0.358. The first-order valence-electron chi connectivity index (χ1n) is 11.0. The van der Waals surface area contributed by atoms with Gasteiger partial charge in [0.2, 0.25) is 5.79 Å². The Morgan fingerprint density at radius 2 is 2.09 bits per heavy atom. The van der Waals surface area contributed by atoms with Crippen LogP contribution in [0.4, 0.5) is 0 Å². The maximum atomic E-state index is 6.56. The lowest BCUT2D eigenvalue weighted by Gasteiger charge is -2.30. The molecular formula is C25H24Cl2N4O3S. The van der Waals surface area contributed by atoms with E-state index in [9.17, 15) is 0 Å². The molecule has 1 aliphatic rings. The Kier molecular flexibility index (Phi) is 7.09. The molecule has 0 bridgehead atoms. The number of aryl methyl sites for hydroxylation is 1. The van der Waals surface area contributed by atoms with Crippen molar-refractivity contribution in [3.8, 4) is 17.0 Å². The van der Waals surface area contributed by atoms with Gasteiger partial charge in [-0.3, -0.25) is 0 Å². The van der Waals surface area contributed by atoms with Crippen LogP contribution < -0.4 is 4.74 Å². The predicted molar refractivity (Wildman–Crippen MR) is 137 cm³/mol. The van der Waals surface area contributed by atoms with E-state index in [0.717, 1.165) is 22.2 Å². The van der Waals surface area contributed by atoms with Crippen LogP contribution in [0.5, 0.6) is 5.75 Å². The highest BCUT2D eigenvalue weighted by atomic mass is 35.5. The summed E-state index contributed by atoms with van der Waals surface area (Å²) >= 11 is 14.3. The first kappa shape index (κ1) is 24.2. The summed E-state index contributed by atoms with van der Waals surface area (Å²) in [5, 5.41) is 1.96. The van der Waals surface area contributed by atoms with Crippen molar-refractivity contribution in [1.82, 2.24) is 19.1 Å². The summed E-state index contributed by atoms with van der Waals surface area (Å²) in [6, 6.07) is 13.2. The Bertz CT molecular complexity index is 1310. The van der Waals surface area contributed by atoms with Gasteiger partial charge in [-0.2, -0.15) is 0 Å². The van der Waals surface area contributed by atoms with E-state index in [1.54, 1.807) is 36.4 Å². The lowest BCUT2D eigenvalue weighted by Crippen LogP contribution is -2.34. The van der Waals surface area contributed by atoms with Crippen molar-refractivity contribution in [2.45, 2.75) is 23.6 Å². The molecule has 0 amide bonds. The van der Waals surface area contributed by atoms with Gasteiger partial charge in [-0.05, 0) is 30.5 Å². The Morgan fingerprint density at radius 1 is 1.23 bits per heavy atom. The number of thioether (sulfide) groups is 1. The van der Waals surface area contributed by atoms with Gasteiger partial charge in [0.25, 0.3) is 0 Å². The molecule has 4 aromatic rings. The highest BCUT2D eigenvalue weighted by Crippen LogP contribution is 2.41. The molecule has 35 heavy (non-hydrogen) atoms. The minimum Gasteiger partial charge on any atom is -0.490 e. The SMILES string of the molecule is CSc1nc(-c2ccccc2OCC2COC(Cn3ccnc3)(c3ccc(Cl)cc3Cl)O2)cn1C. The standard InChI is InChI=1S/C25H24Cl2N4O3S/c1-30-12-22(29-24(30)35-2)19-5-3-4-6-23(19)32-13-18-14-33-25(34-18,15-31-10-9-28-16-31)20-8-7-17(26)11-21(20)27/h3-12,16,18H,13-15H2,1-2H3. The number of rotatable bonds is 8. The zero-order valence-corrected chi connectivity index (χ0v) is 21.6. The largest absolute Gasteiger partial charge is 0.490 e. The second kappa shape index (κ2) is 10.2. The summed E-state index contributed by atoms with van der Waals surface area (Å²) < 4.78 is 22.9. The molecule has 0 radical (unpaired) electrons. The summed E-state index contributed by atoms with van der Waals surface area (Å²) in [6.45, 7) is 1.03. The van der Waals surface area contributed by atoms with Crippen LogP contribution in [-0.4, -0.2) is 44.7 Å². The normalized spacial score (nSPS) is 19.8.